The lowest BCUT2D eigenvalue weighted by atomic mass is 10.0. The van der Waals surface area contributed by atoms with E-state index >= 15 is 0 Å². The van der Waals surface area contributed by atoms with E-state index in [0.29, 0.717) is 12.0 Å². The van der Waals surface area contributed by atoms with Crippen LogP contribution in [-0.4, -0.2) is 63.3 Å². The molecule has 0 radical (unpaired) electrons. The van der Waals surface area contributed by atoms with Crippen LogP contribution in [-0.2, 0) is 4.74 Å². The molecular formula is C19H33IN4OS. The van der Waals surface area contributed by atoms with Gasteiger partial charge in [0.25, 0.3) is 0 Å². The Balaban J connectivity index is 0.00000243. The fourth-order valence-electron chi connectivity index (χ4n) is 3.66. The van der Waals surface area contributed by atoms with Gasteiger partial charge in [-0.2, -0.15) is 11.3 Å². The molecule has 2 saturated heterocycles. The molecule has 2 N–H and O–H groups in total. The van der Waals surface area contributed by atoms with Crippen LogP contribution in [0.5, 0.6) is 0 Å². The second kappa shape index (κ2) is 11.5. The molecule has 148 valence electrons. The maximum Gasteiger partial charge on any atom is 0.191 e. The van der Waals surface area contributed by atoms with Gasteiger partial charge >= 0.3 is 0 Å². The van der Waals surface area contributed by atoms with Gasteiger partial charge in [-0.3, -0.25) is 4.99 Å². The van der Waals surface area contributed by atoms with Gasteiger partial charge in [-0.25, -0.2) is 0 Å². The number of piperidine rings is 1. The van der Waals surface area contributed by atoms with Crippen LogP contribution in [0.2, 0.25) is 0 Å². The highest BCUT2D eigenvalue weighted by molar-refractivity contribution is 14.0. The van der Waals surface area contributed by atoms with Crippen LogP contribution < -0.4 is 10.6 Å². The van der Waals surface area contributed by atoms with Gasteiger partial charge in [0.1, 0.15) is 0 Å². The minimum atomic E-state index is 0. The molecule has 0 aromatic carbocycles. The highest BCUT2D eigenvalue weighted by Gasteiger charge is 2.24. The summed E-state index contributed by atoms with van der Waals surface area (Å²) in [6.45, 7) is 8.64. The first-order valence-electron chi connectivity index (χ1n) is 9.54. The van der Waals surface area contributed by atoms with Crippen molar-refractivity contribution in [3.63, 3.8) is 0 Å². The van der Waals surface area contributed by atoms with E-state index in [1.807, 2.05) is 7.05 Å². The molecule has 1 aromatic heterocycles. The number of hydrogen-bond acceptors (Lipinski definition) is 4. The van der Waals surface area contributed by atoms with Gasteiger partial charge in [0.2, 0.25) is 0 Å². The van der Waals surface area contributed by atoms with E-state index in [0.717, 1.165) is 31.6 Å². The number of nitrogens with one attached hydrogen (secondary N) is 2. The Morgan fingerprint density at radius 2 is 2.19 bits per heavy atom. The summed E-state index contributed by atoms with van der Waals surface area (Å²) < 4.78 is 5.50. The van der Waals surface area contributed by atoms with E-state index in [9.17, 15) is 0 Å². The van der Waals surface area contributed by atoms with Gasteiger partial charge in [-0.05, 0) is 53.5 Å². The third-order valence-corrected chi connectivity index (χ3v) is 6.08. The molecule has 2 unspecified atom stereocenters. The van der Waals surface area contributed by atoms with E-state index in [1.165, 1.54) is 44.5 Å². The van der Waals surface area contributed by atoms with Crippen molar-refractivity contribution in [1.82, 2.24) is 15.5 Å². The lowest BCUT2D eigenvalue weighted by Gasteiger charge is -2.34. The third kappa shape index (κ3) is 6.65. The predicted octanol–water partition coefficient (Wildman–Crippen LogP) is 3.14. The van der Waals surface area contributed by atoms with Crippen LogP contribution in [0.15, 0.2) is 21.8 Å². The Morgan fingerprint density at radius 3 is 2.81 bits per heavy atom. The van der Waals surface area contributed by atoms with Crippen molar-refractivity contribution in [1.29, 1.82) is 0 Å². The molecule has 0 aliphatic carbocycles. The first-order chi connectivity index (χ1) is 12.2. The van der Waals surface area contributed by atoms with E-state index in [-0.39, 0.29) is 24.0 Å². The summed E-state index contributed by atoms with van der Waals surface area (Å²) in [6, 6.07) is 2.73. The van der Waals surface area contributed by atoms with Crippen molar-refractivity contribution in [3.05, 3.63) is 22.4 Å². The molecule has 0 spiro atoms. The molecule has 1 aromatic rings. The summed E-state index contributed by atoms with van der Waals surface area (Å²) in [4.78, 5) is 7.01. The zero-order valence-electron chi connectivity index (χ0n) is 15.9. The second-order valence-electron chi connectivity index (χ2n) is 7.36. The zero-order chi connectivity index (χ0) is 17.5. The van der Waals surface area contributed by atoms with Gasteiger partial charge < -0.3 is 20.3 Å². The Labute approximate surface area is 179 Å². The van der Waals surface area contributed by atoms with Gasteiger partial charge in [0.15, 0.2) is 5.96 Å². The molecule has 0 bridgehead atoms. The molecule has 5 nitrogen and oxygen atoms in total. The van der Waals surface area contributed by atoms with E-state index in [1.54, 1.807) is 11.3 Å². The quantitative estimate of drug-likeness (QED) is 0.364. The number of guanidine groups is 1. The van der Waals surface area contributed by atoms with Crippen LogP contribution >= 0.6 is 35.3 Å². The molecule has 26 heavy (non-hydrogen) atoms. The Hall–Kier alpha value is -0.380. The summed E-state index contributed by atoms with van der Waals surface area (Å²) in [5.74, 6) is 2.18. The topological polar surface area (TPSA) is 48.9 Å². The number of nitrogens with zero attached hydrogens (tertiary/aromatic N) is 2. The van der Waals surface area contributed by atoms with Crippen molar-refractivity contribution in [2.75, 3.05) is 46.4 Å². The first-order valence-corrected chi connectivity index (χ1v) is 10.5. The van der Waals surface area contributed by atoms with Crippen LogP contribution in [0.3, 0.4) is 0 Å². The molecule has 3 heterocycles. The Bertz CT molecular complexity index is 526. The van der Waals surface area contributed by atoms with Gasteiger partial charge in [0.05, 0.1) is 6.61 Å². The van der Waals surface area contributed by atoms with Crippen LogP contribution in [0, 0.1) is 5.92 Å². The minimum Gasteiger partial charge on any atom is -0.381 e. The molecule has 2 fully saturated rings. The smallest absolute Gasteiger partial charge is 0.191 e. The summed E-state index contributed by atoms with van der Waals surface area (Å²) in [5, 5.41) is 11.5. The molecular weight excluding hydrogens is 459 g/mol. The molecule has 2 atom stereocenters. The van der Waals surface area contributed by atoms with E-state index in [2.05, 4.69) is 44.3 Å². The first kappa shape index (κ1) is 21.9. The molecule has 2 aliphatic rings. The second-order valence-corrected chi connectivity index (χ2v) is 8.14. The molecule has 0 amide bonds. The maximum atomic E-state index is 5.50. The predicted molar refractivity (Wildman–Crippen MR) is 121 cm³/mol. The number of likely N-dealkylation sites (tertiary alicyclic amines) is 1. The molecule has 0 saturated carbocycles. The number of halogens is 1. The molecule has 2 aliphatic heterocycles. The van der Waals surface area contributed by atoms with Crippen LogP contribution in [0.25, 0.3) is 0 Å². The molecule has 7 heteroatoms. The highest BCUT2D eigenvalue weighted by Crippen LogP contribution is 2.18. The standard InChI is InChI=1S/C19H32N4OS.HI/c1-15(17-6-10-25-14-17)11-21-19(20-2)22-18-3-7-23(8-4-18)12-16-5-9-24-13-16;/h6,10,14-16,18H,3-5,7-9,11-13H2,1-2H3,(H2,20,21,22);1H. The molecule has 3 rings (SSSR count). The van der Waals surface area contributed by atoms with Crippen molar-refractivity contribution in [3.8, 4) is 0 Å². The van der Waals surface area contributed by atoms with Crippen molar-refractivity contribution < 1.29 is 4.74 Å². The SMILES string of the molecule is CN=C(NCC(C)c1ccsc1)NC1CCN(CC2CCOC2)CC1.I. The van der Waals surface area contributed by atoms with Crippen molar-refractivity contribution in [2.24, 2.45) is 10.9 Å². The van der Waals surface area contributed by atoms with Gasteiger partial charge in [-0.15, -0.1) is 24.0 Å². The minimum absolute atomic E-state index is 0. The summed E-state index contributed by atoms with van der Waals surface area (Å²) in [7, 11) is 1.86. The van der Waals surface area contributed by atoms with Gasteiger partial charge in [0, 0.05) is 45.9 Å². The summed E-state index contributed by atoms with van der Waals surface area (Å²) >= 11 is 1.76. The van der Waals surface area contributed by atoms with Crippen molar-refractivity contribution in [2.45, 2.75) is 38.1 Å². The number of aliphatic imine (C=N–C) groups is 1. The van der Waals surface area contributed by atoms with E-state index in [4.69, 9.17) is 4.74 Å². The number of rotatable bonds is 6. The number of hydrogen-bond donors (Lipinski definition) is 2. The highest BCUT2D eigenvalue weighted by atomic mass is 127. The van der Waals surface area contributed by atoms with Crippen LogP contribution in [0.1, 0.15) is 37.7 Å². The largest absolute Gasteiger partial charge is 0.381 e. The fraction of sp³-hybridized carbons (Fsp3) is 0.737. The number of thiophene rings is 1. The average molecular weight is 492 g/mol. The third-order valence-electron chi connectivity index (χ3n) is 5.38. The zero-order valence-corrected chi connectivity index (χ0v) is 19.1. The lowest BCUT2D eigenvalue weighted by Crippen LogP contribution is -2.49. The maximum absolute atomic E-state index is 5.50. The van der Waals surface area contributed by atoms with Crippen LogP contribution in [0.4, 0.5) is 0 Å². The summed E-state index contributed by atoms with van der Waals surface area (Å²) in [6.07, 6.45) is 3.61. The summed E-state index contributed by atoms with van der Waals surface area (Å²) in [5.41, 5.74) is 1.40. The van der Waals surface area contributed by atoms with Crippen molar-refractivity contribution >= 4 is 41.3 Å². The average Bonchev–Trinajstić information content (AvgIpc) is 3.33. The number of ether oxygens (including phenoxy) is 1. The normalized spacial score (nSPS) is 23.5. The Kier molecular flexibility index (Phi) is 9.66. The van der Waals surface area contributed by atoms with E-state index < -0.39 is 0 Å². The lowest BCUT2D eigenvalue weighted by molar-refractivity contribution is 0.150. The Morgan fingerprint density at radius 1 is 1.38 bits per heavy atom. The monoisotopic (exact) mass is 492 g/mol. The fourth-order valence-corrected chi connectivity index (χ4v) is 4.45. The van der Waals surface area contributed by atoms with Gasteiger partial charge in [-0.1, -0.05) is 6.92 Å².